The molecule has 0 radical (unpaired) electrons. The second kappa shape index (κ2) is 9.35. The zero-order valence-corrected chi connectivity index (χ0v) is 16.0. The number of carbonyl (C=O) groups excluding carboxylic acids is 1. The maximum Gasteiger partial charge on any atom is 0.254 e. The fourth-order valence-corrected chi connectivity index (χ4v) is 2.79. The van der Waals surface area contributed by atoms with E-state index >= 15 is 0 Å². The van der Waals surface area contributed by atoms with Crippen LogP contribution < -0.4 is 14.8 Å². The summed E-state index contributed by atoms with van der Waals surface area (Å²) in [6, 6.07) is 7.98. The summed E-state index contributed by atoms with van der Waals surface area (Å²) in [6.07, 6.45) is 0. The maximum atomic E-state index is 13.9. The highest BCUT2D eigenvalue weighted by atomic mass is 19.1. The third-order valence-electron chi connectivity index (χ3n) is 4.06. The normalized spacial score (nSPS) is 12.0. The van der Waals surface area contributed by atoms with Gasteiger partial charge in [-0.25, -0.2) is 8.78 Å². The lowest BCUT2D eigenvalue weighted by atomic mass is 9.95. The van der Waals surface area contributed by atoms with Crippen LogP contribution in [0.5, 0.6) is 11.5 Å². The first-order valence-electron chi connectivity index (χ1n) is 9.02. The fraction of sp³-hybridized carbons (Fsp3) is 0.381. The number of carbonyl (C=O) groups is 1. The van der Waals surface area contributed by atoms with Gasteiger partial charge in [0.05, 0.1) is 24.8 Å². The average Bonchev–Trinajstić information content (AvgIpc) is 2.61. The summed E-state index contributed by atoms with van der Waals surface area (Å²) in [4.78, 5) is 12.5. The minimum Gasteiger partial charge on any atom is -0.490 e. The third-order valence-corrected chi connectivity index (χ3v) is 4.06. The van der Waals surface area contributed by atoms with Gasteiger partial charge in [-0.1, -0.05) is 19.9 Å². The van der Waals surface area contributed by atoms with Crippen LogP contribution in [-0.4, -0.2) is 19.1 Å². The SMILES string of the molecule is CCOc1ccc(C(NC(=O)c2ccc(F)cc2F)C(C)C)cc1OCC. The largest absolute Gasteiger partial charge is 0.490 e. The molecule has 0 spiro atoms. The number of benzene rings is 2. The van der Waals surface area contributed by atoms with Crippen LogP contribution in [0.4, 0.5) is 8.78 Å². The monoisotopic (exact) mass is 377 g/mol. The van der Waals surface area contributed by atoms with Gasteiger partial charge in [-0.2, -0.15) is 0 Å². The maximum absolute atomic E-state index is 13.9. The predicted octanol–water partition coefficient (Wildman–Crippen LogP) is 4.89. The molecule has 0 aliphatic carbocycles. The van der Waals surface area contributed by atoms with Gasteiger partial charge in [-0.15, -0.1) is 0 Å². The van der Waals surface area contributed by atoms with E-state index in [0.717, 1.165) is 17.7 Å². The Morgan fingerprint density at radius 3 is 2.26 bits per heavy atom. The smallest absolute Gasteiger partial charge is 0.254 e. The van der Waals surface area contributed by atoms with Gasteiger partial charge in [0, 0.05) is 6.07 Å². The molecule has 0 bridgehead atoms. The number of rotatable bonds is 8. The van der Waals surface area contributed by atoms with E-state index in [1.165, 1.54) is 0 Å². The molecule has 1 N–H and O–H groups in total. The number of amides is 1. The third kappa shape index (κ3) is 5.18. The summed E-state index contributed by atoms with van der Waals surface area (Å²) in [5.41, 5.74) is 0.616. The number of nitrogens with one attached hydrogen (secondary N) is 1. The van der Waals surface area contributed by atoms with E-state index < -0.39 is 17.5 Å². The molecule has 0 aromatic heterocycles. The second-order valence-electron chi connectivity index (χ2n) is 6.39. The minimum atomic E-state index is -0.892. The topological polar surface area (TPSA) is 47.6 Å². The first kappa shape index (κ1) is 20.7. The Bertz CT molecular complexity index is 793. The Morgan fingerprint density at radius 2 is 1.67 bits per heavy atom. The van der Waals surface area contributed by atoms with E-state index in [2.05, 4.69) is 5.32 Å². The molecule has 1 amide bonds. The molecule has 0 heterocycles. The van der Waals surface area contributed by atoms with E-state index in [1.54, 1.807) is 6.07 Å². The van der Waals surface area contributed by atoms with Crippen LogP contribution in [0.2, 0.25) is 0 Å². The molecule has 1 unspecified atom stereocenters. The predicted molar refractivity (Wildman–Crippen MR) is 100 cm³/mol. The molecular weight excluding hydrogens is 352 g/mol. The Morgan fingerprint density at radius 1 is 1.00 bits per heavy atom. The Labute approximate surface area is 158 Å². The van der Waals surface area contributed by atoms with E-state index in [1.807, 2.05) is 39.8 Å². The van der Waals surface area contributed by atoms with E-state index in [-0.39, 0.29) is 17.5 Å². The molecule has 2 aromatic carbocycles. The second-order valence-corrected chi connectivity index (χ2v) is 6.39. The van der Waals surface area contributed by atoms with Crippen LogP contribution >= 0.6 is 0 Å². The van der Waals surface area contributed by atoms with Gasteiger partial charge in [-0.3, -0.25) is 4.79 Å². The highest BCUT2D eigenvalue weighted by Gasteiger charge is 2.22. The molecule has 0 fully saturated rings. The van der Waals surface area contributed by atoms with Crippen molar-refractivity contribution in [3.05, 3.63) is 59.2 Å². The van der Waals surface area contributed by atoms with Gasteiger partial charge in [0.25, 0.3) is 5.91 Å². The van der Waals surface area contributed by atoms with Crippen molar-refractivity contribution >= 4 is 5.91 Å². The lowest BCUT2D eigenvalue weighted by Crippen LogP contribution is -2.32. The van der Waals surface area contributed by atoms with Crippen molar-refractivity contribution in [2.45, 2.75) is 33.7 Å². The van der Waals surface area contributed by atoms with Crippen molar-refractivity contribution in [3.8, 4) is 11.5 Å². The molecule has 2 aromatic rings. The van der Waals surface area contributed by atoms with Crippen molar-refractivity contribution < 1.29 is 23.0 Å². The van der Waals surface area contributed by atoms with Gasteiger partial charge in [-0.05, 0) is 49.6 Å². The van der Waals surface area contributed by atoms with E-state index in [0.29, 0.717) is 30.8 Å². The molecule has 27 heavy (non-hydrogen) atoms. The lowest BCUT2D eigenvalue weighted by Gasteiger charge is -2.24. The summed E-state index contributed by atoms with van der Waals surface area (Å²) < 4.78 is 38.2. The summed E-state index contributed by atoms with van der Waals surface area (Å²) in [5.74, 6) is -0.969. The molecule has 6 heteroatoms. The van der Waals surface area contributed by atoms with E-state index in [9.17, 15) is 13.6 Å². The minimum absolute atomic E-state index is 0.0323. The van der Waals surface area contributed by atoms with Crippen LogP contribution in [0.1, 0.15) is 49.7 Å². The first-order chi connectivity index (χ1) is 12.9. The van der Waals surface area contributed by atoms with Crippen molar-refractivity contribution in [2.75, 3.05) is 13.2 Å². The summed E-state index contributed by atoms with van der Waals surface area (Å²) >= 11 is 0. The molecular formula is C21H25F2NO3. The van der Waals surface area contributed by atoms with Crippen molar-refractivity contribution in [1.29, 1.82) is 0 Å². The van der Waals surface area contributed by atoms with Gasteiger partial charge in [0.2, 0.25) is 0 Å². The highest BCUT2D eigenvalue weighted by molar-refractivity contribution is 5.94. The number of hydrogen-bond acceptors (Lipinski definition) is 3. The Balaban J connectivity index is 2.31. The average molecular weight is 377 g/mol. The molecule has 2 rings (SSSR count). The molecule has 4 nitrogen and oxygen atoms in total. The quantitative estimate of drug-likeness (QED) is 0.713. The number of ether oxygens (including phenoxy) is 2. The standard InChI is InChI=1S/C21H25F2NO3/c1-5-26-18-10-7-14(11-19(18)27-6-2)20(13(3)4)24-21(25)16-9-8-15(22)12-17(16)23/h7-13,20H,5-6H2,1-4H3,(H,24,25). The van der Waals surface area contributed by atoms with Gasteiger partial charge >= 0.3 is 0 Å². The number of hydrogen-bond donors (Lipinski definition) is 1. The molecule has 0 saturated carbocycles. The van der Waals surface area contributed by atoms with Crippen LogP contribution in [0.3, 0.4) is 0 Å². The summed E-state index contributed by atoms with van der Waals surface area (Å²) in [5, 5.41) is 2.83. The van der Waals surface area contributed by atoms with Crippen molar-refractivity contribution in [1.82, 2.24) is 5.32 Å². The van der Waals surface area contributed by atoms with Crippen LogP contribution in [0.15, 0.2) is 36.4 Å². The first-order valence-corrected chi connectivity index (χ1v) is 9.02. The summed E-state index contributed by atoms with van der Waals surface area (Å²) in [6.45, 7) is 8.64. The van der Waals surface area contributed by atoms with Crippen molar-refractivity contribution in [3.63, 3.8) is 0 Å². The lowest BCUT2D eigenvalue weighted by molar-refractivity contribution is 0.0921. The van der Waals surface area contributed by atoms with Gasteiger partial charge < -0.3 is 14.8 Å². The summed E-state index contributed by atoms with van der Waals surface area (Å²) in [7, 11) is 0. The molecule has 0 aliphatic rings. The molecule has 0 aliphatic heterocycles. The Kier molecular flexibility index (Phi) is 7.16. The van der Waals surface area contributed by atoms with Gasteiger partial charge in [0.1, 0.15) is 11.6 Å². The van der Waals surface area contributed by atoms with Crippen LogP contribution in [-0.2, 0) is 0 Å². The zero-order valence-electron chi connectivity index (χ0n) is 16.0. The van der Waals surface area contributed by atoms with E-state index in [4.69, 9.17) is 9.47 Å². The fourth-order valence-electron chi connectivity index (χ4n) is 2.79. The van der Waals surface area contributed by atoms with Crippen molar-refractivity contribution in [2.24, 2.45) is 5.92 Å². The van der Waals surface area contributed by atoms with Gasteiger partial charge in [0.15, 0.2) is 11.5 Å². The highest BCUT2D eigenvalue weighted by Crippen LogP contribution is 2.33. The number of halogens is 2. The van der Waals surface area contributed by atoms with Crippen LogP contribution in [0.25, 0.3) is 0 Å². The zero-order chi connectivity index (χ0) is 20.0. The molecule has 0 saturated heterocycles. The molecule has 1 atom stereocenters. The van der Waals surface area contributed by atoms with Crippen LogP contribution in [0, 0.1) is 17.6 Å². The molecule has 146 valence electrons. The Hall–Kier alpha value is -2.63.